The molecule has 6 nitrogen and oxygen atoms in total. The molecule has 2 atom stereocenters. The van der Waals surface area contributed by atoms with E-state index in [-0.39, 0.29) is 11.9 Å². The minimum atomic E-state index is -0.194. The molecule has 150 valence electrons. The van der Waals surface area contributed by atoms with Crippen molar-refractivity contribution in [1.82, 2.24) is 14.5 Å². The molecule has 0 bridgehead atoms. The van der Waals surface area contributed by atoms with Crippen LogP contribution in [0.1, 0.15) is 25.1 Å². The molecule has 29 heavy (non-hydrogen) atoms. The van der Waals surface area contributed by atoms with Crippen LogP contribution in [0.3, 0.4) is 0 Å². The largest absolute Gasteiger partial charge is 0.457 e. The van der Waals surface area contributed by atoms with E-state index >= 15 is 0 Å². The Balaban J connectivity index is 1.32. The number of rotatable bonds is 6. The normalized spacial score (nSPS) is 17.8. The molecule has 2 aromatic carbocycles. The quantitative estimate of drug-likeness (QED) is 0.690. The predicted octanol–water partition coefficient (Wildman–Crippen LogP) is 4.03. The zero-order valence-electron chi connectivity index (χ0n) is 16.8. The maximum absolute atomic E-state index is 12.7. The van der Waals surface area contributed by atoms with Gasteiger partial charge in [0, 0.05) is 37.6 Å². The molecule has 1 saturated heterocycles. The van der Waals surface area contributed by atoms with Crippen LogP contribution in [-0.4, -0.2) is 39.5 Å². The Morgan fingerprint density at radius 3 is 2.55 bits per heavy atom. The second-order valence-corrected chi connectivity index (χ2v) is 7.48. The van der Waals surface area contributed by atoms with Gasteiger partial charge in [-0.25, -0.2) is 4.98 Å². The Hall–Kier alpha value is -3.12. The number of aryl methyl sites for hydroxylation is 1. The highest BCUT2D eigenvalue weighted by molar-refractivity contribution is 5.94. The Morgan fingerprint density at radius 1 is 1.14 bits per heavy atom. The van der Waals surface area contributed by atoms with Gasteiger partial charge in [0.05, 0.1) is 6.04 Å². The van der Waals surface area contributed by atoms with Crippen LogP contribution in [0.5, 0.6) is 11.5 Å². The minimum Gasteiger partial charge on any atom is -0.457 e. The maximum atomic E-state index is 12.7. The van der Waals surface area contributed by atoms with Crippen LogP contribution >= 0.6 is 0 Å². The summed E-state index contributed by atoms with van der Waals surface area (Å²) in [5.41, 5.74) is 0.766. The number of aromatic nitrogens is 2. The van der Waals surface area contributed by atoms with Gasteiger partial charge in [-0.05, 0) is 56.3 Å². The molecular weight excluding hydrogens is 364 g/mol. The highest BCUT2D eigenvalue weighted by Gasteiger charge is 2.32. The van der Waals surface area contributed by atoms with Gasteiger partial charge in [-0.15, -0.1) is 0 Å². The Kier molecular flexibility index (Phi) is 5.62. The fourth-order valence-electron chi connectivity index (χ4n) is 3.76. The van der Waals surface area contributed by atoms with Gasteiger partial charge in [-0.3, -0.25) is 9.69 Å². The van der Waals surface area contributed by atoms with Crippen LogP contribution in [0.4, 0.5) is 5.69 Å². The smallest absolute Gasteiger partial charge is 0.241 e. The zero-order chi connectivity index (χ0) is 20.2. The lowest BCUT2D eigenvalue weighted by Gasteiger charge is -2.23. The number of anilines is 1. The summed E-state index contributed by atoms with van der Waals surface area (Å²) in [4.78, 5) is 19.4. The molecule has 0 saturated carbocycles. The van der Waals surface area contributed by atoms with Gasteiger partial charge in [0.15, 0.2) is 0 Å². The van der Waals surface area contributed by atoms with Crippen molar-refractivity contribution in [2.75, 3.05) is 18.4 Å². The van der Waals surface area contributed by atoms with Gasteiger partial charge in [0.1, 0.15) is 17.3 Å². The first-order valence-electron chi connectivity index (χ1n) is 9.95. The number of hydrogen-bond donors (Lipinski definition) is 1. The summed E-state index contributed by atoms with van der Waals surface area (Å²) in [6.45, 7) is 3.71. The van der Waals surface area contributed by atoms with E-state index in [9.17, 15) is 4.79 Å². The summed E-state index contributed by atoms with van der Waals surface area (Å²) in [5, 5.41) is 3.01. The van der Waals surface area contributed by atoms with Crippen molar-refractivity contribution in [3.05, 3.63) is 72.8 Å². The van der Waals surface area contributed by atoms with Gasteiger partial charge < -0.3 is 14.6 Å². The third-order valence-electron chi connectivity index (χ3n) is 5.47. The number of imidazole rings is 1. The van der Waals surface area contributed by atoms with E-state index in [0.29, 0.717) is 5.92 Å². The summed E-state index contributed by atoms with van der Waals surface area (Å²) < 4.78 is 7.86. The van der Waals surface area contributed by atoms with Crippen molar-refractivity contribution in [3.63, 3.8) is 0 Å². The molecule has 1 aromatic heterocycles. The number of nitrogens with zero attached hydrogens (tertiary/aromatic N) is 3. The number of benzene rings is 2. The molecule has 3 aromatic rings. The molecular formula is C23H26N4O2. The number of carbonyl (C=O) groups is 1. The molecule has 0 radical (unpaired) electrons. The van der Waals surface area contributed by atoms with E-state index < -0.39 is 0 Å². The second-order valence-electron chi connectivity index (χ2n) is 7.48. The highest BCUT2D eigenvalue weighted by Crippen LogP contribution is 2.27. The third kappa shape index (κ3) is 4.49. The van der Waals surface area contributed by atoms with Gasteiger partial charge in [-0.2, -0.15) is 0 Å². The van der Waals surface area contributed by atoms with E-state index in [4.69, 9.17) is 4.74 Å². The Labute approximate surface area is 171 Å². The van der Waals surface area contributed by atoms with Crippen molar-refractivity contribution in [1.29, 1.82) is 0 Å². The van der Waals surface area contributed by atoms with Crippen LogP contribution in [-0.2, 0) is 11.8 Å². The lowest BCUT2D eigenvalue weighted by atomic mass is 10.1. The average Bonchev–Trinajstić information content (AvgIpc) is 3.38. The number of para-hydroxylation sites is 1. The van der Waals surface area contributed by atoms with Crippen molar-refractivity contribution < 1.29 is 9.53 Å². The second kappa shape index (κ2) is 8.49. The Morgan fingerprint density at radius 2 is 1.86 bits per heavy atom. The summed E-state index contributed by atoms with van der Waals surface area (Å²) in [5.74, 6) is 2.99. The van der Waals surface area contributed by atoms with Gasteiger partial charge in [0.25, 0.3) is 0 Å². The number of likely N-dealkylation sites (tertiary alicyclic amines) is 1. The molecule has 0 spiro atoms. The SMILES string of the molecule is CC(C(=O)Nc1ccc(Oc2ccccc2)cc1)N1CCC(c2nccn2C)C1. The van der Waals surface area contributed by atoms with Gasteiger partial charge in [0.2, 0.25) is 5.91 Å². The van der Waals surface area contributed by atoms with Crippen LogP contribution in [0.25, 0.3) is 0 Å². The minimum absolute atomic E-state index is 0.00205. The number of nitrogens with one attached hydrogen (secondary N) is 1. The van der Waals surface area contributed by atoms with Crippen LogP contribution in [0.2, 0.25) is 0 Å². The fourth-order valence-corrected chi connectivity index (χ4v) is 3.76. The first-order chi connectivity index (χ1) is 14.1. The van der Waals surface area contributed by atoms with E-state index in [1.165, 1.54) is 0 Å². The summed E-state index contributed by atoms with van der Waals surface area (Å²) >= 11 is 0. The number of hydrogen-bond acceptors (Lipinski definition) is 4. The number of amides is 1. The summed E-state index contributed by atoms with van der Waals surface area (Å²) in [6, 6.07) is 16.9. The van der Waals surface area contributed by atoms with E-state index in [1.54, 1.807) is 0 Å². The van der Waals surface area contributed by atoms with E-state index in [1.807, 2.05) is 81.0 Å². The first-order valence-corrected chi connectivity index (χ1v) is 9.95. The van der Waals surface area contributed by atoms with Crippen molar-refractivity contribution in [2.24, 2.45) is 7.05 Å². The van der Waals surface area contributed by atoms with Crippen molar-refractivity contribution in [2.45, 2.75) is 25.3 Å². The van der Waals surface area contributed by atoms with E-state index in [0.717, 1.165) is 42.5 Å². The molecule has 1 amide bonds. The first kappa shape index (κ1) is 19.2. The monoisotopic (exact) mass is 390 g/mol. The molecule has 4 rings (SSSR count). The van der Waals surface area contributed by atoms with E-state index in [2.05, 4.69) is 19.8 Å². The fraction of sp³-hybridized carbons (Fsp3) is 0.304. The van der Waals surface area contributed by atoms with Gasteiger partial charge >= 0.3 is 0 Å². The van der Waals surface area contributed by atoms with Crippen LogP contribution < -0.4 is 10.1 Å². The standard InChI is InChI=1S/C23H26N4O2/c1-17(27-14-12-18(16-27)22-24-13-15-26(22)2)23(28)25-19-8-10-21(11-9-19)29-20-6-4-3-5-7-20/h3-11,13,15,17-18H,12,14,16H2,1-2H3,(H,25,28). The summed E-state index contributed by atoms with van der Waals surface area (Å²) in [7, 11) is 2.02. The molecule has 2 heterocycles. The molecule has 1 aliphatic heterocycles. The summed E-state index contributed by atoms with van der Waals surface area (Å²) in [6.07, 6.45) is 4.83. The van der Waals surface area contributed by atoms with Gasteiger partial charge in [-0.1, -0.05) is 18.2 Å². The zero-order valence-corrected chi connectivity index (χ0v) is 16.8. The topological polar surface area (TPSA) is 59.4 Å². The van der Waals surface area contributed by atoms with Crippen LogP contribution in [0.15, 0.2) is 67.0 Å². The molecule has 6 heteroatoms. The highest BCUT2D eigenvalue weighted by atomic mass is 16.5. The third-order valence-corrected chi connectivity index (χ3v) is 5.47. The molecule has 2 unspecified atom stereocenters. The van der Waals surface area contributed by atoms with Crippen molar-refractivity contribution in [3.8, 4) is 11.5 Å². The number of ether oxygens (including phenoxy) is 1. The lowest BCUT2D eigenvalue weighted by molar-refractivity contribution is -0.120. The average molecular weight is 390 g/mol. The maximum Gasteiger partial charge on any atom is 0.241 e. The van der Waals surface area contributed by atoms with Crippen molar-refractivity contribution >= 4 is 11.6 Å². The van der Waals surface area contributed by atoms with Crippen LogP contribution in [0, 0.1) is 0 Å². The predicted molar refractivity (Wildman–Crippen MR) is 113 cm³/mol. The molecule has 1 aliphatic rings. The Bertz CT molecular complexity index is 953. The lowest BCUT2D eigenvalue weighted by Crippen LogP contribution is -2.40. The molecule has 1 fully saturated rings. The molecule has 1 N–H and O–H groups in total. The number of carbonyl (C=O) groups excluding carboxylic acids is 1. The molecule has 0 aliphatic carbocycles.